The van der Waals surface area contributed by atoms with Gasteiger partial charge in [0, 0.05) is 35.5 Å². The Labute approximate surface area is 216 Å². The van der Waals surface area contributed by atoms with Crippen LogP contribution in [0.25, 0.3) is 0 Å². The van der Waals surface area contributed by atoms with Gasteiger partial charge in [-0.3, -0.25) is 14.6 Å². The normalized spacial score (nSPS) is 21.1. The first kappa shape index (κ1) is 24.4. The third-order valence-electron chi connectivity index (χ3n) is 7.13. The largest absolute Gasteiger partial charge is 0.497 e. The molecule has 7 nitrogen and oxygen atoms in total. The van der Waals surface area contributed by atoms with Crippen molar-refractivity contribution in [1.29, 1.82) is 0 Å². The van der Waals surface area contributed by atoms with Crippen molar-refractivity contribution in [2.24, 2.45) is 10.9 Å². The number of methoxy groups -OCH3 is 2. The van der Waals surface area contributed by atoms with Gasteiger partial charge in [-0.1, -0.05) is 30.3 Å². The lowest BCUT2D eigenvalue weighted by atomic mass is 9.69. The van der Waals surface area contributed by atoms with Crippen LogP contribution in [-0.2, 0) is 9.59 Å². The second kappa shape index (κ2) is 10.4. The van der Waals surface area contributed by atoms with E-state index >= 15 is 0 Å². The van der Waals surface area contributed by atoms with E-state index < -0.39 is 11.8 Å². The van der Waals surface area contributed by atoms with Crippen molar-refractivity contribution in [3.05, 3.63) is 95.3 Å². The Morgan fingerprint density at radius 3 is 2.41 bits per heavy atom. The zero-order valence-corrected chi connectivity index (χ0v) is 21.1. The summed E-state index contributed by atoms with van der Waals surface area (Å²) in [7, 11) is 3.24. The van der Waals surface area contributed by atoms with Crippen LogP contribution in [0.3, 0.4) is 0 Å². The lowest BCUT2D eigenvalue weighted by Gasteiger charge is -2.37. The molecule has 0 bridgehead atoms. The predicted molar refractivity (Wildman–Crippen MR) is 142 cm³/mol. The average molecular weight is 496 g/mol. The van der Waals surface area contributed by atoms with Gasteiger partial charge in [-0.05, 0) is 66.8 Å². The maximum absolute atomic E-state index is 13.8. The lowest BCUT2D eigenvalue weighted by Crippen LogP contribution is -2.39. The summed E-state index contributed by atoms with van der Waals surface area (Å²) in [5.74, 6) is 0.550. The molecule has 1 unspecified atom stereocenters. The summed E-state index contributed by atoms with van der Waals surface area (Å²) in [6.07, 6.45) is 2.61. The first-order valence-corrected chi connectivity index (χ1v) is 12.3. The number of nitrogens with zero attached hydrogens (tertiary/aromatic N) is 2. The number of Topliss-reactive ketones (excluding diaryl/α,β-unsaturated/α-hetero) is 1. The van der Waals surface area contributed by atoms with Gasteiger partial charge in [-0.15, -0.1) is 0 Å². The molecule has 7 heteroatoms. The minimum Gasteiger partial charge on any atom is -0.497 e. The van der Waals surface area contributed by atoms with Gasteiger partial charge in [0.25, 0.3) is 0 Å². The van der Waals surface area contributed by atoms with E-state index in [-0.39, 0.29) is 17.6 Å². The highest BCUT2D eigenvalue weighted by atomic mass is 16.5. The Morgan fingerprint density at radius 1 is 0.919 bits per heavy atom. The van der Waals surface area contributed by atoms with Gasteiger partial charge in [-0.2, -0.15) is 0 Å². The van der Waals surface area contributed by atoms with Crippen LogP contribution >= 0.6 is 0 Å². The number of hydrogen-bond acceptors (Lipinski definition) is 6. The number of pyridine rings is 1. The molecule has 1 aliphatic carbocycles. The number of aromatic nitrogens is 1. The summed E-state index contributed by atoms with van der Waals surface area (Å²) in [4.78, 5) is 36.5. The molecule has 3 aromatic rings. The molecule has 0 radical (unpaired) electrons. The third-order valence-corrected chi connectivity index (χ3v) is 7.13. The van der Waals surface area contributed by atoms with Crippen molar-refractivity contribution in [3.8, 4) is 11.5 Å². The second-order valence-corrected chi connectivity index (χ2v) is 9.35. The van der Waals surface area contributed by atoms with Crippen molar-refractivity contribution in [2.75, 3.05) is 19.5 Å². The van der Waals surface area contributed by atoms with E-state index in [0.29, 0.717) is 35.7 Å². The maximum atomic E-state index is 13.8. The van der Waals surface area contributed by atoms with Crippen LogP contribution in [0.15, 0.2) is 89.2 Å². The molecule has 5 rings (SSSR count). The SMILES string of the molecule is COc1ccc([C@H]2CC(=O)C3=C(C2)N=C(C)C(C(=O)Nc2ccccn2)[C@H]3c2cccc(OC)c2)cc1. The van der Waals surface area contributed by atoms with Gasteiger partial charge in [0.05, 0.1) is 20.1 Å². The number of allylic oxidation sites excluding steroid dienone is 2. The zero-order valence-electron chi connectivity index (χ0n) is 21.1. The lowest BCUT2D eigenvalue weighted by molar-refractivity contribution is -0.119. The van der Waals surface area contributed by atoms with E-state index in [1.54, 1.807) is 32.5 Å². The molecular formula is C30H29N3O4. The number of amides is 1. The van der Waals surface area contributed by atoms with Crippen LogP contribution in [0, 0.1) is 5.92 Å². The highest BCUT2D eigenvalue weighted by Gasteiger charge is 2.44. The van der Waals surface area contributed by atoms with Crippen molar-refractivity contribution >= 4 is 23.2 Å². The Balaban J connectivity index is 1.55. The van der Waals surface area contributed by atoms with Crippen molar-refractivity contribution < 1.29 is 19.1 Å². The molecule has 2 heterocycles. The number of nitrogens with one attached hydrogen (secondary N) is 1. The van der Waals surface area contributed by atoms with Crippen LogP contribution in [0.5, 0.6) is 11.5 Å². The topological polar surface area (TPSA) is 89.9 Å². The van der Waals surface area contributed by atoms with Gasteiger partial charge < -0.3 is 14.8 Å². The summed E-state index contributed by atoms with van der Waals surface area (Å²) in [5, 5.41) is 2.92. The minimum absolute atomic E-state index is 0.0126. The van der Waals surface area contributed by atoms with Crippen molar-refractivity contribution in [3.63, 3.8) is 0 Å². The maximum Gasteiger partial charge on any atom is 0.235 e. The summed E-state index contributed by atoms with van der Waals surface area (Å²) in [5.41, 5.74) is 3.96. The van der Waals surface area contributed by atoms with E-state index in [2.05, 4.69) is 10.3 Å². The molecule has 1 N–H and O–H groups in total. The number of benzene rings is 2. The van der Waals surface area contributed by atoms with Crippen LogP contribution in [-0.4, -0.2) is 36.6 Å². The smallest absolute Gasteiger partial charge is 0.235 e. The summed E-state index contributed by atoms with van der Waals surface area (Å²) in [6, 6.07) is 20.8. The van der Waals surface area contributed by atoms with E-state index in [1.165, 1.54) is 0 Å². The number of carbonyl (C=O) groups excluding carboxylic acids is 2. The standard InChI is InChI=1S/C30H29N3O4/c1-18-27(30(35)33-26-9-4-5-14-31-26)28(20-7-6-8-23(15-20)37-3)29-24(32-18)16-21(17-25(29)34)19-10-12-22(36-2)13-11-19/h4-15,21,27-28H,16-17H2,1-3H3,(H,31,33,35)/t21-,27?,28-/m1/s1. The van der Waals surface area contributed by atoms with E-state index in [0.717, 1.165) is 22.6 Å². The van der Waals surface area contributed by atoms with Gasteiger partial charge in [0.1, 0.15) is 17.3 Å². The fraction of sp³-hybridized carbons (Fsp3) is 0.267. The van der Waals surface area contributed by atoms with Crippen molar-refractivity contribution in [2.45, 2.75) is 31.6 Å². The molecule has 0 saturated heterocycles. The molecule has 0 spiro atoms. The number of ether oxygens (including phenoxy) is 2. The molecule has 1 aliphatic heterocycles. The molecule has 0 saturated carbocycles. The Bertz CT molecular complexity index is 1380. The average Bonchev–Trinajstić information content (AvgIpc) is 2.92. The zero-order chi connectivity index (χ0) is 25.9. The van der Waals surface area contributed by atoms with Crippen molar-refractivity contribution in [1.82, 2.24) is 4.98 Å². The monoisotopic (exact) mass is 495 g/mol. The minimum atomic E-state index is -0.658. The van der Waals surface area contributed by atoms with E-state index in [1.807, 2.05) is 61.5 Å². The number of hydrogen-bond donors (Lipinski definition) is 1. The van der Waals surface area contributed by atoms with Crippen LogP contribution < -0.4 is 14.8 Å². The first-order valence-electron chi connectivity index (χ1n) is 12.3. The second-order valence-electron chi connectivity index (χ2n) is 9.35. The number of anilines is 1. The third kappa shape index (κ3) is 4.89. The summed E-state index contributed by atoms with van der Waals surface area (Å²) >= 11 is 0. The van der Waals surface area contributed by atoms with E-state index in [9.17, 15) is 9.59 Å². The highest BCUT2D eigenvalue weighted by molar-refractivity contribution is 6.13. The molecule has 2 aromatic carbocycles. The van der Waals surface area contributed by atoms with Gasteiger partial charge in [0.2, 0.25) is 5.91 Å². The quantitative estimate of drug-likeness (QED) is 0.500. The van der Waals surface area contributed by atoms with E-state index in [4.69, 9.17) is 14.5 Å². The molecule has 188 valence electrons. The Kier molecular flexibility index (Phi) is 6.86. The van der Waals surface area contributed by atoms with Gasteiger partial charge in [0.15, 0.2) is 5.78 Å². The fourth-order valence-corrected chi connectivity index (χ4v) is 5.35. The number of ketones is 1. The fourth-order valence-electron chi connectivity index (χ4n) is 5.35. The number of carbonyl (C=O) groups is 2. The molecule has 2 aliphatic rings. The van der Waals surface area contributed by atoms with Crippen LogP contribution in [0.4, 0.5) is 5.82 Å². The van der Waals surface area contributed by atoms with Crippen LogP contribution in [0.1, 0.15) is 42.7 Å². The Hall–Kier alpha value is -4.26. The number of rotatable bonds is 6. The predicted octanol–water partition coefficient (Wildman–Crippen LogP) is 5.31. The first-order chi connectivity index (χ1) is 18.0. The molecular weight excluding hydrogens is 466 g/mol. The Morgan fingerprint density at radius 2 is 1.70 bits per heavy atom. The molecule has 1 aromatic heterocycles. The summed E-state index contributed by atoms with van der Waals surface area (Å²) < 4.78 is 10.8. The van der Waals surface area contributed by atoms with Crippen LogP contribution in [0.2, 0.25) is 0 Å². The van der Waals surface area contributed by atoms with Gasteiger partial charge >= 0.3 is 0 Å². The summed E-state index contributed by atoms with van der Waals surface area (Å²) in [6.45, 7) is 1.86. The van der Waals surface area contributed by atoms with Gasteiger partial charge in [-0.25, -0.2) is 4.98 Å². The number of aliphatic imine (C=N–C) groups is 1. The molecule has 1 amide bonds. The molecule has 37 heavy (non-hydrogen) atoms. The highest BCUT2D eigenvalue weighted by Crippen LogP contribution is 2.47. The molecule has 0 fully saturated rings. The molecule has 3 atom stereocenters.